The van der Waals surface area contributed by atoms with Crippen molar-refractivity contribution in [3.63, 3.8) is 0 Å². The van der Waals surface area contributed by atoms with Crippen molar-refractivity contribution in [1.29, 1.82) is 0 Å². The lowest BCUT2D eigenvalue weighted by atomic mass is 10.2. The predicted molar refractivity (Wildman–Crippen MR) is 127 cm³/mol. The molecule has 1 fully saturated rings. The number of piperazine rings is 1. The van der Waals surface area contributed by atoms with Gasteiger partial charge in [-0.05, 0) is 61.0 Å². The average Bonchev–Trinajstić information content (AvgIpc) is 2.83. The highest BCUT2D eigenvalue weighted by atomic mass is 32.2. The van der Waals surface area contributed by atoms with E-state index in [9.17, 15) is 17.6 Å². The highest BCUT2D eigenvalue weighted by molar-refractivity contribution is 7.92. The topological polar surface area (TPSA) is 60.9 Å². The van der Waals surface area contributed by atoms with Gasteiger partial charge in [-0.2, -0.15) is 0 Å². The number of rotatable bonds is 6. The molecule has 4 rings (SSSR count). The normalized spacial score (nSPS) is 14.2. The number of carbonyl (C=O) groups is 1. The molecule has 1 heterocycles. The van der Waals surface area contributed by atoms with Crippen LogP contribution in [0.4, 0.5) is 15.8 Å². The molecule has 0 atom stereocenters. The summed E-state index contributed by atoms with van der Waals surface area (Å²) >= 11 is 0. The Bertz CT molecular complexity index is 1210. The van der Waals surface area contributed by atoms with E-state index in [1.54, 1.807) is 53.4 Å². The second-order valence-corrected chi connectivity index (χ2v) is 9.87. The summed E-state index contributed by atoms with van der Waals surface area (Å²) < 4.78 is 41.3. The van der Waals surface area contributed by atoms with Gasteiger partial charge in [0.1, 0.15) is 12.4 Å². The smallest absolute Gasteiger partial charge is 0.264 e. The van der Waals surface area contributed by atoms with E-state index in [1.807, 2.05) is 13.0 Å². The number of hydrogen-bond acceptors (Lipinski definition) is 4. The van der Waals surface area contributed by atoms with Crippen LogP contribution in [0.3, 0.4) is 0 Å². The third kappa shape index (κ3) is 5.17. The first-order chi connectivity index (χ1) is 15.8. The zero-order valence-electron chi connectivity index (χ0n) is 18.4. The minimum Gasteiger partial charge on any atom is -0.368 e. The van der Waals surface area contributed by atoms with Crippen LogP contribution in [0.15, 0.2) is 83.8 Å². The van der Waals surface area contributed by atoms with E-state index >= 15 is 0 Å². The minimum atomic E-state index is -3.92. The van der Waals surface area contributed by atoms with Gasteiger partial charge < -0.3 is 9.80 Å². The lowest BCUT2D eigenvalue weighted by molar-refractivity contribution is -0.129. The second kappa shape index (κ2) is 9.62. The number of benzene rings is 3. The molecule has 0 aliphatic carbocycles. The van der Waals surface area contributed by atoms with Crippen molar-refractivity contribution in [3.05, 3.63) is 90.2 Å². The zero-order valence-corrected chi connectivity index (χ0v) is 19.2. The molecular formula is C25H26FN3O3S. The Kier molecular flexibility index (Phi) is 6.65. The number of sulfonamides is 1. The molecule has 1 saturated heterocycles. The lowest BCUT2D eigenvalue weighted by Gasteiger charge is -2.37. The van der Waals surface area contributed by atoms with Crippen molar-refractivity contribution in [3.8, 4) is 0 Å². The number of amides is 1. The maximum Gasteiger partial charge on any atom is 0.264 e. The Morgan fingerprint density at radius 2 is 1.58 bits per heavy atom. The van der Waals surface area contributed by atoms with Crippen LogP contribution in [0.5, 0.6) is 0 Å². The molecule has 6 nitrogen and oxygen atoms in total. The maximum absolute atomic E-state index is 13.4. The standard InChI is InChI=1S/C25H26FN3O3S/c1-20-6-5-7-23(18-20)29(33(31,32)24-8-3-2-4-9-24)19-25(30)28-16-14-27(15-17-28)22-12-10-21(26)11-13-22/h2-13,18H,14-17,19H2,1H3. The summed E-state index contributed by atoms with van der Waals surface area (Å²) in [6, 6.07) is 21.6. The zero-order chi connectivity index (χ0) is 23.4. The fourth-order valence-corrected chi connectivity index (χ4v) is 5.33. The molecule has 0 aromatic heterocycles. The molecule has 3 aromatic carbocycles. The molecule has 0 radical (unpaired) electrons. The van der Waals surface area contributed by atoms with Crippen LogP contribution in [0.1, 0.15) is 5.56 Å². The number of halogens is 1. The van der Waals surface area contributed by atoms with Crippen LogP contribution in [0.25, 0.3) is 0 Å². The first-order valence-corrected chi connectivity index (χ1v) is 12.2. The van der Waals surface area contributed by atoms with Gasteiger partial charge in [-0.15, -0.1) is 0 Å². The Labute approximate surface area is 193 Å². The van der Waals surface area contributed by atoms with Crippen molar-refractivity contribution < 1.29 is 17.6 Å². The molecule has 0 unspecified atom stereocenters. The van der Waals surface area contributed by atoms with Crippen LogP contribution < -0.4 is 9.21 Å². The molecule has 8 heteroatoms. The van der Waals surface area contributed by atoms with Crippen LogP contribution in [-0.4, -0.2) is 51.9 Å². The van der Waals surface area contributed by atoms with Crippen molar-refractivity contribution in [1.82, 2.24) is 4.90 Å². The van der Waals surface area contributed by atoms with Gasteiger partial charge in [-0.25, -0.2) is 12.8 Å². The third-order valence-electron chi connectivity index (χ3n) is 5.72. The Hall–Kier alpha value is -3.39. The van der Waals surface area contributed by atoms with Gasteiger partial charge in [-0.1, -0.05) is 30.3 Å². The Morgan fingerprint density at radius 1 is 0.909 bits per heavy atom. The van der Waals surface area contributed by atoms with E-state index in [4.69, 9.17) is 0 Å². The summed E-state index contributed by atoms with van der Waals surface area (Å²) in [5.74, 6) is -0.543. The number of hydrogen-bond donors (Lipinski definition) is 0. The minimum absolute atomic E-state index is 0.139. The number of carbonyl (C=O) groups excluding carboxylic acids is 1. The molecule has 0 spiro atoms. The average molecular weight is 468 g/mol. The van der Waals surface area contributed by atoms with Gasteiger partial charge in [0.2, 0.25) is 5.91 Å². The van der Waals surface area contributed by atoms with Gasteiger partial charge in [0.25, 0.3) is 10.0 Å². The van der Waals surface area contributed by atoms with Gasteiger partial charge in [0.15, 0.2) is 0 Å². The van der Waals surface area contributed by atoms with Crippen molar-refractivity contribution in [2.24, 2.45) is 0 Å². The fourth-order valence-electron chi connectivity index (χ4n) is 3.91. The fraction of sp³-hybridized carbons (Fsp3) is 0.240. The van der Waals surface area contributed by atoms with E-state index in [1.165, 1.54) is 28.6 Å². The molecule has 1 aliphatic heterocycles. The molecule has 172 valence electrons. The molecule has 1 aliphatic rings. The largest absolute Gasteiger partial charge is 0.368 e. The summed E-state index contributed by atoms with van der Waals surface area (Å²) in [7, 11) is -3.92. The van der Waals surface area contributed by atoms with Crippen molar-refractivity contribution in [2.75, 3.05) is 41.9 Å². The van der Waals surface area contributed by atoms with Crippen molar-refractivity contribution >= 4 is 27.3 Å². The van der Waals surface area contributed by atoms with Gasteiger partial charge in [0.05, 0.1) is 10.6 Å². The molecular weight excluding hydrogens is 441 g/mol. The molecule has 33 heavy (non-hydrogen) atoms. The van der Waals surface area contributed by atoms with Crippen LogP contribution in [0.2, 0.25) is 0 Å². The maximum atomic E-state index is 13.4. The van der Waals surface area contributed by atoms with Gasteiger partial charge in [-0.3, -0.25) is 9.10 Å². The van der Waals surface area contributed by atoms with Crippen LogP contribution in [0, 0.1) is 12.7 Å². The number of aryl methyl sites for hydroxylation is 1. The first-order valence-electron chi connectivity index (χ1n) is 10.8. The third-order valence-corrected chi connectivity index (χ3v) is 7.51. The van der Waals surface area contributed by atoms with E-state index < -0.39 is 10.0 Å². The SMILES string of the molecule is Cc1cccc(N(CC(=O)N2CCN(c3ccc(F)cc3)CC2)S(=O)(=O)c2ccccc2)c1. The Balaban J connectivity index is 1.52. The van der Waals surface area contributed by atoms with E-state index in [2.05, 4.69) is 4.90 Å². The van der Waals surface area contributed by atoms with E-state index in [-0.39, 0.29) is 23.2 Å². The monoisotopic (exact) mass is 467 g/mol. The summed E-state index contributed by atoms with van der Waals surface area (Å²) in [6.45, 7) is 3.71. The summed E-state index contributed by atoms with van der Waals surface area (Å²) in [5.41, 5.74) is 2.26. The summed E-state index contributed by atoms with van der Waals surface area (Å²) in [6.07, 6.45) is 0. The Morgan fingerprint density at radius 3 is 2.21 bits per heavy atom. The predicted octanol–water partition coefficient (Wildman–Crippen LogP) is 3.68. The molecule has 0 bridgehead atoms. The van der Waals surface area contributed by atoms with Gasteiger partial charge >= 0.3 is 0 Å². The highest BCUT2D eigenvalue weighted by Crippen LogP contribution is 2.25. The quantitative estimate of drug-likeness (QED) is 0.555. The second-order valence-electron chi connectivity index (χ2n) is 8.01. The van der Waals surface area contributed by atoms with E-state index in [0.29, 0.717) is 31.9 Å². The van der Waals surface area contributed by atoms with Crippen molar-refractivity contribution in [2.45, 2.75) is 11.8 Å². The van der Waals surface area contributed by atoms with E-state index in [0.717, 1.165) is 11.3 Å². The summed E-state index contributed by atoms with van der Waals surface area (Å²) in [5, 5.41) is 0. The lowest BCUT2D eigenvalue weighted by Crippen LogP contribution is -2.52. The molecule has 3 aromatic rings. The molecule has 1 amide bonds. The molecule has 0 saturated carbocycles. The number of nitrogens with zero attached hydrogens (tertiary/aromatic N) is 3. The van der Waals surface area contributed by atoms with Gasteiger partial charge in [0, 0.05) is 31.9 Å². The van der Waals surface area contributed by atoms with Crippen LogP contribution >= 0.6 is 0 Å². The first kappa shape index (κ1) is 22.8. The van der Waals surface area contributed by atoms with Crippen LogP contribution in [-0.2, 0) is 14.8 Å². The molecule has 0 N–H and O–H groups in total. The number of anilines is 2. The highest BCUT2D eigenvalue weighted by Gasteiger charge is 2.30. The summed E-state index contributed by atoms with van der Waals surface area (Å²) in [4.78, 5) is 17.1.